The maximum atomic E-state index is 12.1. The molecule has 0 amide bonds. The molecule has 6 heteroatoms. The van der Waals surface area contributed by atoms with Gasteiger partial charge in [-0.3, -0.25) is 4.72 Å². The Labute approximate surface area is 116 Å². The van der Waals surface area contributed by atoms with Crippen LogP contribution in [-0.2, 0) is 15.8 Å². The second-order valence-electron chi connectivity index (χ2n) is 4.48. The zero-order chi connectivity index (χ0) is 14.0. The van der Waals surface area contributed by atoms with E-state index in [4.69, 9.17) is 0 Å². The van der Waals surface area contributed by atoms with Gasteiger partial charge in [-0.05, 0) is 23.8 Å². The number of aromatic nitrogens is 2. The normalized spacial score (nSPS) is 11.6. The zero-order valence-electron chi connectivity index (χ0n) is 10.6. The number of fused-ring (bicyclic) bond motifs is 1. The number of H-pyrrole nitrogens is 1. The van der Waals surface area contributed by atoms with E-state index in [1.807, 2.05) is 18.2 Å². The minimum Gasteiger partial charge on any atom is -0.345 e. The van der Waals surface area contributed by atoms with Crippen LogP contribution in [0.15, 0.2) is 54.9 Å². The smallest absolute Gasteiger partial charge is 0.236 e. The predicted molar refractivity (Wildman–Crippen MR) is 78.8 cm³/mol. The summed E-state index contributed by atoms with van der Waals surface area (Å²) in [6.07, 6.45) is 1.58. The second-order valence-corrected chi connectivity index (χ2v) is 6.20. The Bertz CT molecular complexity index is 826. The molecule has 102 valence electrons. The summed E-state index contributed by atoms with van der Waals surface area (Å²) in [4.78, 5) is 7.04. The monoisotopic (exact) mass is 287 g/mol. The molecule has 2 aromatic carbocycles. The fourth-order valence-electron chi connectivity index (χ4n) is 2.01. The number of hydrogen-bond donors (Lipinski definition) is 2. The third kappa shape index (κ3) is 2.80. The fraction of sp³-hybridized carbons (Fsp3) is 0.0714. The van der Waals surface area contributed by atoms with Crippen molar-refractivity contribution in [3.63, 3.8) is 0 Å². The summed E-state index contributed by atoms with van der Waals surface area (Å²) in [6.45, 7) is 0. The van der Waals surface area contributed by atoms with Gasteiger partial charge >= 0.3 is 0 Å². The molecule has 20 heavy (non-hydrogen) atoms. The highest BCUT2D eigenvalue weighted by Crippen LogP contribution is 2.18. The number of anilines is 1. The van der Waals surface area contributed by atoms with E-state index < -0.39 is 10.0 Å². The highest BCUT2D eigenvalue weighted by molar-refractivity contribution is 7.91. The van der Waals surface area contributed by atoms with E-state index >= 15 is 0 Å². The number of nitrogens with zero attached hydrogens (tertiary/aromatic N) is 1. The average Bonchev–Trinajstić information content (AvgIpc) is 2.86. The third-order valence-electron chi connectivity index (χ3n) is 2.89. The van der Waals surface area contributed by atoms with E-state index in [0.29, 0.717) is 5.69 Å². The molecule has 0 atom stereocenters. The maximum Gasteiger partial charge on any atom is 0.236 e. The van der Waals surface area contributed by atoms with Crippen LogP contribution >= 0.6 is 0 Å². The van der Waals surface area contributed by atoms with Crippen molar-refractivity contribution >= 4 is 26.7 Å². The topological polar surface area (TPSA) is 74.8 Å². The Morgan fingerprint density at radius 2 is 1.90 bits per heavy atom. The van der Waals surface area contributed by atoms with Crippen LogP contribution < -0.4 is 4.72 Å². The van der Waals surface area contributed by atoms with E-state index in [9.17, 15) is 8.42 Å². The Kier molecular flexibility index (Phi) is 3.15. The third-order valence-corrected chi connectivity index (χ3v) is 4.15. The van der Waals surface area contributed by atoms with Gasteiger partial charge in [0.05, 0.1) is 28.8 Å². The van der Waals surface area contributed by atoms with Crippen LogP contribution in [0.1, 0.15) is 5.56 Å². The fourth-order valence-corrected chi connectivity index (χ4v) is 3.20. The molecule has 1 aromatic heterocycles. The molecule has 0 spiro atoms. The van der Waals surface area contributed by atoms with E-state index in [1.54, 1.807) is 36.7 Å². The summed E-state index contributed by atoms with van der Waals surface area (Å²) in [6, 6.07) is 14.3. The molecule has 0 saturated heterocycles. The van der Waals surface area contributed by atoms with Crippen molar-refractivity contribution in [3.8, 4) is 0 Å². The van der Waals surface area contributed by atoms with E-state index in [0.717, 1.165) is 16.6 Å². The van der Waals surface area contributed by atoms with E-state index in [2.05, 4.69) is 14.7 Å². The molecule has 2 N–H and O–H groups in total. The quantitative estimate of drug-likeness (QED) is 0.774. The molecular weight excluding hydrogens is 274 g/mol. The van der Waals surface area contributed by atoms with Gasteiger partial charge in [-0.2, -0.15) is 0 Å². The second kappa shape index (κ2) is 4.97. The van der Waals surface area contributed by atoms with Crippen LogP contribution in [0, 0.1) is 0 Å². The number of hydrogen-bond acceptors (Lipinski definition) is 3. The highest BCUT2D eigenvalue weighted by atomic mass is 32.2. The molecule has 3 aromatic rings. The molecular formula is C14H13N3O2S. The minimum atomic E-state index is -3.42. The SMILES string of the molecule is O=S(=O)(Cc1ccccc1)Nc1ccc2nc[nH]c2c1. The van der Waals surface area contributed by atoms with Gasteiger partial charge in [-0.1, -0.05) is 30.3 Å². The summed E-state index contributed by atoms with van der Waals surface area (Å²) in [7, 11) is -3.42. The van der Waals surface area contributed by atoms with Gasteiger partial charge in [0.25, 0.3) is 0 Å². The van der Waals surface area contributed by atoms with Crippen LogP contribution in [0.3, 0.4) is 0 Å². The van der Waals surface area contributed by atoms with Gasteiger partial charge in [0.2, 0.25) is 10.0 Å². The van der Waals surface area contributed by atoms with Crippen LogP contribution in [0.2, 0.25) is 0 Å². The molecule has 3 rings (SSSR count). The van der Waals surface area contributed by atoms with Crippen LogP contribution in [0.25, 0.3) is 11.0 Å². The largest absolute Gasteiger partial charge is 0.345 e. The van der Waals surface area contributed by atoms with Crippen molar-refractivity contribution in [1.29, 1.82) is 0 Å². The summed E-state index contributed by atoms with van der Waals surface area (Å²) < 4.78 is 26.8. The predicted octanol–water partition coefficient (Wildman–Crippen LogP) is 2.50. The molecule has 0 aliphatic heterocycles. The van der Waals surface area contributed by atoms with Crippen LogP contribution in [0.5, 0.6) is 0 Å². The summed E-state index contributed by atoms with van der Waals surface area (Å²) >= 11 is 0. The van der Waals surface area contributed by atoms with Gasteiger partial charge in [0.1, 0.15) is 0 Å². The van der Waals surface area contributed by atoms with Crippen molar-refractivity contribution in [2.24, 2.45) is 0 Å². The van der Waals surface area contributed by atoms with Crippen molar-refractivity contribution in [1.82, 2.24) is 9.97 Å². The summed E-state index contributed by atoms with van der Waals surface area (Å²) in [5.74, 6) is -0.0468. The lowest BCUT2D eigenvalue weighted by atomic mass is 10.2. The zero-order valence-corrected chi connectivity index (χ0v) is 11.4. The van der Waals surface area contributed by atoms with Crippen LogP contribution in [0.4, 0.5) is 5.69 Å². The Balaban J connectivity index is 1.82. The highest BCUT2D eigenvalue weighted by Gasteiger charge is 2.12. The first-order chi connectivity index (χ1) is 9.62. The first kappa shape index (κ1) is 12.7. The Morgan fingerprint density at radius 3 is 2.70 bits per heavy atom. The minimum absolute atomic E-state index is 0.0468. The van der Waals surface area contributed by atoms with Crippen LogP contribution in [-0.4, -0.2) is 18.4 Å². The van der Waals surface area contributed by atoms with Gasteiger partial charge in [-0.25, -0.2) is 13.4 Å². The number of imidazole rings is 1. The number of benzene rings is 2. The molecule has 0 aliphatic rings. The molecule has 0 unspecified atom stereocenters. The number of aromatic amines is 1. The molecule has 0 aliphatic carbocycles. The van der Waals surface area contributed by atoms with Crippen molar-refractivity contribution in [3.05, 3.63) is 60.4 Å². The van der Waals surface area contributed by atoms with Crippen molar-refractivity contribution in [2.45, 2.75) is 5.75 Å². The Morgan fingerprint density at radius 1 is 1.10 bits per heavy atom. The first-order valence-corrected chi connectivity index (χ1v) is 7.75. The maximum absolute atomic E-state index is 12.1. The van der Waals surface area contributed by atoms with Gasteiger partial charge in [-0.15, -0.1) is 0 Å². The van der Waals surface area contributed by atoms with Crippen molar-refractivity contribution in [2.75, 3.05) is 4.72 Å². The van der Waals surface area contributed by atoms with Gasteiger partial charge in [0.15, 0.2) is 0 Å². The average molecular weight is 287 g/mol. The lowest BCUT2D eigenvalue weighted by Crippen LogP contribution is -2.14. The standard InChI is InChI=1S/C14H13N3O2S/c18-20(19,9-11-4-2-1-3-5-11)17-12-6-7-13-14(8-12)16-10-15-13/h1-8,10,17H,9H2,(H,15,16). The summed E-state index contributed by atoms with van der Waals surface area (Å²) in [5, 5.41) is 0. The lowest BCUT2D eigenvalue weighted by Gasteiger charge is -2.08. The van der Waals surface area contributed by atoms with Gasteiger partial charge < -0.3 is 4.98 Å². The molecule has 0 saturated carbocycles. The number of nitrogens with one attached hydrogen (secondary N) is 2. The molecule has 5 nitrogen and oxygen atoms in total. The summed E-state index contributed by atoms with van der Waals surface area (Å²) in [5.41, 5.74) is 2.88. The van der Waals surface area contributed by atoms with E-state index in [-0.39, 0.29) is 5.75 Å². The van der Waals surface area contributed by atoms with E-state index in [1.165, 1.54) is 0 Å². The molecule has 0 fully saturated rings. The van der Waals surface area contributed by atoms with Crippen molar-refractivity contribution < 1.29 is 8.42 Å². The lowest BCUT2D eigenvalue weighted by molar-refractivity contribution is 0.600. The van der Waals surface area contributed by atoms with Gasteiger partial charge in [0, 0.05) is 0 Å². The number of sulfonamides is 1. The molecule has 0 bridgehead atoms. The molecule has 0 radical (unpaired) electrons. The first-order valence-electron chi connectivity index (χ1n) is 6.10. The number of rotatable bonds is 4. The molecule has 1 heterocycles. The Hall–Kier alpha value is -2.34.